The van der Waals surface area contributed by atoms with Crippen molar-refractivity contribution < 1.29 is 0 Å². The van der Waals surface area contributed by atoms with Crippen molar-refractivity contribution >= 4 is 11.3 Å². The van der Waals surface area contributed by atoms with Gasteiger partial charge >= 0.3 is 0 Å². The van der Waals surface area contributed by atoms with E-state index in [2.05, 4.69) is 20.9 Å². The van der Waals surface area contributed by atoms with Gasteiger partial charge in [0, 0.05) is 18.6 Å². The summed E-state index contributed by atoms with van der Waals surface area (Å²) in [5, 5.41) is 7.28. The summed E-state index contributed by atoms with van der Waals surface area (Å²) in [6.07, 6.45) is 5.78. The van der Waals surface area contributed by atoms with Gasteiger partial charge in [-0.2, -0.15) is 5.10 Å². The van der Waals surface area contributed by atoms with Crippen molar-refractivity contribution in [1.82, 2.24) is 20.2 Å². The standard InChI is InChI=1S/C11H17N5S/c1-8-14-11(7-17-8)10(15-12)4-3-9-5-13-16(2)6-9/h5-7,10,15H,3-4,12H2,1-2H3. The Balaban J connectivity index is 1.96. The summed E-state index contributed by atoms with van der Waals surface area (Å²) in [6.45, 7) is 2.00. The highest BCUT2D eigenvalue weighted by Crippen LogP contribution is 2.20. The van der Waals surface area contributed by atoms with Crippen molar-refractivity contribution in [3.8, 4) is 0 Å². The summed E-state index contributed by atoms with van der Waals surface area (Å²) in [5.74, 6) is 5.58. The van der Waals surface area contributed by atoms with Crippen LogP contribution in [0, 0.1) is 6.92 Å². The average molecular weight is 251 g/mol. The minimum Gasteiger partial charge on any atom is -0.276 e. The Kier molecular flexibility index (Phi) is 3.88. The topological polar surface area (TPSA) is 68.8 Å². The Hall–Kier alpha value is -1.24. The number of aryl methyl sites for hydroxylation is 3. The van der Waals surface area contributed by atoms with Crippen LogP contribution in [0.2, 0.25) is 0 Å². The van der Waals surface area contributed by atoms with Crippen molar-refractivity contribution in [2.45, 2.75) is 25.8 Å². The van der Waals surface area contributed by atoms with Crippen LogP contribution in [0.3, 0.4) is 0 Å². The fraction of sp³-hybridized carbons (Fsp3) is 0.455. The van der Waals surface area contributed by atoms with E-state index < -0.39 is 0 Å². The van der Waals surface area contributed by atoms with Crippen LogP contribution in [0.25, 0.3) is 0 Å². The van der Waals surface area contributed by atoms with Crippen LogP contribution < -0.4 is 11.3 Å². The number of hydrazine groups is 1. The Morgan fingerprint density at radius 3 is 2.94 bits per heavy atom. The quantitative estimate of drug-likeness (QED) is 0.621. The van der Waals surface area contributed by atoms with Gasteiger partial charge in [-0.25, -0.2) is 4.98 Å². The highest BCUT2D eigenvalue weighted by molar-refractivity contribution is 7.09. The summed E-state index contributed by atoms with van der Waals surface area (Å²) >= 11 is 1.65. The van der Waals surface area contributed by atoms with Crippen LogP contribution >= 0.6 is 11.3 Å². The maximum absolute atomic E-state index is 5.58. The molecule has 0 aromatic carbocycles. The molecule has 5 nitrogen and oxygen atoms in total. The van der Waals surface area contributed by atoms with E-state index in [0.717, 1.165) is 23.5 Å². The second-order valence-corrected chi connectivity index (χ2v) is 5.13. The molecule has 0 fully saturated rings. The first-order valence-electron chi connectivity index (χ1n) is 5.54. The van der Waals surface area contributed by atoms with Crippen LogP contribution in [0.5, 0.6) is 0 Å². The van der Waals surface area contributed by atoms with Gasteiger partial charge in [-0.1, -0.05) is 0 Å². The fourth-order valence-corrected chi connectivity index (χ4v) is 2.44. The van der Waals surface area contributed by atoms with Crippen molar-refractivity contribution in [2.24, 2.45) is 12.9 Å². The van der Waals surface area contributed by atoms with Gasteiger partial charge in [-0.15, -0.1) is 11.3 Å². The van der Waals surface area contributed by atoms with Crippen molar-refractivity contribution in [3.05, 3.63) is 34.0 Å². The zero-order valence-electron chi connectivity index (χ0n) is 10.1. The van der Waals surface area contributed by atoms with E-state index in [1.54, 1.807) is 11.3 Å². The molecule has 0 aliphatic heterocycles. The van der Waals surface area contributed by atoms with Gasteiger partial charge in [0.25, 0.3) is 0 Å². The molecule has 1 unspecified atom stereocenters. The van der Waals surface area contributed by atoms with Gasteiger partial charge in [0.15, 0.2) is 0 Å². The molecule has 0 aliphatic carbocycles. The van der Waals surface area contributed by atoms with Gasteiger partial charge < -0.3 is 0 Å². The lowest BCUT2D eigenvalue weighted by atomic mass is 10.1. The lowest BCUT2D eigenvalue weighted by Crippen LogP contribution is -2.28. The van der Waals surface area contributed by atoms with E-state index in [0.29, 0.717) is 0 Å². The van der Waals surface area contributed by atoms with Crippen LogP contribution in [-0.2, 0) is 13.5 Å². The molecule has 2 aromatic heterocycles. The van der Waals surface area contributed by atoms with Crippen LogP contribution in [-0.4, -0.2) is 14.8 Å². The Morgan fingerprint density at radius 1 is 1.59 bits per heavy atom. The maximum Gasteiger partial charge on any atom is 0.0898 e. The Bertz CT molecular complexity index is 476. The normalized spacial score (nSPS) is 12.9. The molecule has 92 valence electrons. The summed E-state index contributed by atoms with van der Waals surface area (Å²) < 4.78 is 1.81. The van der Waals surface area contributed by atoms with Crippen molar-refractivity contribution in [3.63, 3.8) is 0 Å². The highest BCUT2D eigenvalue weighted by atomic mass is 32.1. The molecule has 0 radical (unpaired) electrons. The van der Waals surface area contributed by atoms with E-state index in [4.69, 9.17) is 5.84 Å². The van der Waals surface area contributed by atoms with Gasteiger partial charge in [0.1, 0.15) is 0 Å². The first-order chi connectivity index (χ1) is 8.19. The predicted octanol–water partition coefficient (Wildman–Crippen LogP) is 1.32. The van der Waals surface area contributed by atoms with E-state index in [1.807, 2.05) is 31.0 Å². The molecule has 0 amide bonds. The number of nitrogens with one attached hydrogen (secondary N) is 1. The number of hydrogen-bond donors (Lipinski definition) is 2. The zero-order chi connectivity index (χ0) is 12.3. The molecule has 3 N–H and O–H groups in total. The minimum absolute atomic E-state index is 0.111. The Morgan fingerprint density at radius 2 is 2.41 bits per heavy atom. The highest BCUT2D eigenvalue weighted by Gasteiger charge is 2.13. The van der Waals surface area contributed by atoms with Crippen molar-refractivity contribution in [2.75, 3.05) is 0 Å². The average Bonchev–Trinajstić information content (AvgIpc) is 2.89. The zero-order valence-corrected chi connectivity index (χ0v) is 10.9. The molecule has 17 heavy (non-hydrogen) atoms. The summed E-state index contributed by atoms with van der Waals surface area (Å²) in [5.41, 5.74) is 5.07. The van der Waals surface area contributed by atoms with Crippen LogP contribution in [0.15, 0.2) is 17.8 Å². The SMILES string of the molecule is Cc1nc(C(CCc2cnn(C)c2)NN)cs1. The van der Waals surface area contributed by atoms with Gasteiger partial charge in [-0.3, -0.25) is 16.0 Å². The second-order valence-electron chi connectivity index (χ2n) is 4.07. The third-order valence-electron chi connectivity index (χ3n) is 2.68. The molecular weight excluding hydrogens is 234 g/mol. The summed E-state index contributed by atoms with van der Waals surface area (Å²) in [6, 6.07) is 0.111. The van der Waals surface area contributed by atoms with Gasteiger partial charge in [0.05, 0.1) is 22.9 Å². The summed E-state index contributed by atoms with van der Waals surface area (Å²) in [7, 11) is 1.92. The van der Waals surface area contributed by atoms with Crippen LogP contribution in [0.1, 0.15) is 28.7 Å². The number of thiazole rings is 1. The third-order valence-corrected chi connectivity index (χ3v) is 3.47. The first-order valence-corrected chi connectivity index (χ1v) is 6.42. The predicted molar refractivity (Wildman–Crippen MR) is 68.4 cm³/mol. The molecule has 6 heteroatoms. The molecular formula is C11H17N5S. The van der Waals surface area contributed by atoms with E-state index in [1.165, 1.54) is 5.56 Å². The molecule has 0 aliphatic rings. The lowest BCUT2D eigenvalue weighted by molar-refractivity contribution is 0.506. The molecule has 0 saturated heterocycles. The monoisotopic (exact) mass is 251 g/mol. The molecule has 0 bridgehead atoms. The van der Waals surface area contributed by atoms with Gasteiger partial charge in [-0.05, 0) is 25.3 Å². The number of rotatable bonds is 5. The maximum atomic E-state index is 5.58. The number of nitrogens with zero attached hydrogens (tertiary/aromatic N) is 3. The fourth-order valence-electron chi connectivity index (χ4n) is 1.77. The van der Waals surface area contributed by atoms with E-state index >= 15 is 0 Å². The molecule has 1 atom stereocenters. The number of nitrogens with two attached hydrogens (primary N) is 1. The first kappa shape index (κ1) is 12.2. The largest absolute Gasteiger partial charge is 0.276 e. The summed E-state index contributed by atoms with van der Waals surface area (Å²) in [4.78, 5) is 4.45. The molecule has 2 heterocycles. The Labute approximate surface area is 105 Å². The minimum atomic E-state index is 0.111. The second kappa shape index (κ2) is 5.39. The van der Waals surface area contributed by atoms with Crippen LogP contribution in [0.4, 0.5) is 0 Å². The smallest absolute Gasteiger partial charge is 0.0898 e. The van der Waals surface area contributed by atoms with Crippen molar-refractivity contribution in [1.29, 1.82) is 0 Å². The molecule has 0 spiro atoms. The van der Waals surface area contributed by atoms with E-state index in [-0.39, 0.29) is 6.04 Å². The molecule has 0 saturated carbocycles. The van der Waals surface area contributed by atoms with Gasteiger partial charge in [0.2, 0.25) is 0 Å². The molecule has 2 rings (SSSR count). The number of hydrogen-bond acceptors (Lipinski definition) is 5. The third kappa shape index (κ3) is 3.12. The number of aromatic nitrogens is 3. The lowest BCUT2D eigenvalue weighted by Gasteiger charge is -2.12. The van der Waals surface area contributed by atoms with E-state index in [9.17, 15) is 0 Å². The molecule has 2 aromatic rings.